The number of nitrogens with zero attached hydrogens (tertiary/aromatic N) is 1. The molecule has 0 fully saturated rings. The summed E-state index contributed by atoms with van der Waals surface area (Å²) >= 11 is 0. The average Bonchev–Trinajstić information content (AvgIpc) is 2.09. The lowest BCUT2D eigenvalue weighted by Gasteiger charge is -2.06. The molecule has 1 N–H and O–H groups in total. The van der Waals surface area contributed by atoms with Crippen LogP contribution in [0.25, 0.3) is 0 Å². The van der Waals surface area contributed by atoms with Crippen LogP contribution in [0.3, 0.4) is 0 Å². The van der Waals surface area contributed by atoms with E-state index in [2.05, 4.69) is 4.74 Å². The summed E-state index contributed by atoms with van der Waals surface area (Å²) in [7, 11) is 0. The SMILES string of the molecule is N#Cc1cc(O)cc(OC(F)F)c1F. The third kappa shape index (κ3) is 2.07. The Morgan fingerprint density at radius 1 is 1.43 bits per heavy atom. The maximum atomic E-state index is 13.0. The first kappa shape index (κ1) is 10.2. The van der Waals surface area contributed by atoms with E-state index in [0.29, 0.717) is 6.07 Å². The van der Waals surface area contributed by atoms with Crippen molar-refractivity contribution in [2.45, 2.75) is 6.61 Å². The zero-order valence-corrected chi connectivity index (χ0v) is 6.67. The molecule has 0 saturated heterocycles. The molecular weight excluding hydrogens is 199 g/mol. The minimum absolute atomic E-state index is 0.515. The van der Waals surface area contributed by atoms with Crippen LogP contribution in [-0.2, 0) is 0 Å². The van der Waals surface area contributed by atoms with E-state index in [1.54, 1.807) is 0 Å². The Morgan fingerprint density at radius 3 is 2.57 bits per heavy atom. The Kier molecular flexibility index (Phi) is 2.82. The van der Waals surface area contributed by atoms with E-state index in [1.165, 1.54) is 6.07 Å². The molecular formula is C8H4F3NO2. The monoisotopic (exact) mass is 203 g/mol. The summed E-state index contributed by atoms with van der Waals surface area (Å²) < 4.78 is 40.2. The highest BCUT2D eigenvalue weighted by atomic mass is 19.3. The molecule has 0 amide bonds. The van der Waals surface area contributed by atoms with Gasteiger partial charge < -0.3 is 9.84 Å². The number of phenolic OH excluding ortho intramolecular Hbond substituents is 1. The van der Waals surface area contributed by atoms with Gasteiger partial charge in [0.2, 0.25) is 0 Å². The molecule has 0 atom stereocenters. The smallest absolute Gasteiger partial charge is 0.387 e. The van der Waals surface area contributed by atoms with Gasteiger partial charge in [-0.2, -0.15) is 14.0 Å². The zero-order chi connectivity index (χ0) is 10.7. The first-order chi connectivity index (χ1) is 6.54. The van der Waals surface area contributed by atoms with Gasteiger partial charge in [0.25, 0.3) is 0 Å². The van der Waals surface area contributed by atoms with Crippen molar-refractivity contribution >= 4 is 0 Å². The van der Waals surface area contributed by atoms with Crippen LogP contribution < -0.4 is 4.74 Å². The normalized spacial score (nSPS) is 9.93. The number of alkyl halides is 2. The number of benzene rings is 1. The van der Waals surface area contributed by atoms with Gasteiger partial charge >= 0.3 is 6.61 Å². The summed E-state index contributed by atoms with van der Waals surface area (Å²) in [6.45, 7) is -3.21. The number of rotatable bonds is 2. The summed E-state index contributed by atoms with van der Waals surface area (Å²) in [5.41, 5.74) is -0.555. The van der Waals surface area contributed by atoms with Crippen LogP contribution in [0, 0.1) is 17.1 Å². The van der Waals surface area contributed by atoms with Crippen molar-refractivity contribution in [3.05, 3.63) is 23.5 Å². The van der Waals surface area contributed by atoms with Crippen molar-refractivity contribution in [1.82, 2.24) is 0 Å². The molecule has 1 aromatic rings. The van der Waals surface area contributed by atoms with Gasteiger partial charge in [-0.1, -0.05) is 0 Å². The highest BCUT2D eigenvalue weighted by Gasteiger charge is 2.15. The third-order valence-electron chi connectivity index (χ3n) is 1.36. The minimum Gasteiger partial charge on any atom is -0.508 e. The molecule has 3 nitrogen and oxygen atoms in total. The molecule has 0 saturated carbocycles. The van der Waals surface area contributed by atoms with Gasteiger partial charge in [0, 0.05) is 12.1 Å². The van der Waals surface area contributed by atoms with E-state index < -0.39 is 29.5 Å². The molecule has 0 radical (unpaired) electrons. The number of aromatic hydroxyl groups is 1. The molecule has 0 unspecified atom stereocenters. The second-order valence-corrected chi connectivity index (χ2v) is 2.30. The number of phenols is 1. The molecule has 1 rings (SSSR count). The van der Waals surface area contributed by atoms with Crippen molar-refractivity contribution in [3.63, 3.8) is 0 Å². The lowest BCUT2D eigenvalue weighted by atomic mass is 10.2. The Labute approximate surface area is 77.0 Å². The predicted octanol–water partition coefficient (Wildman–Crippen LogP) is 2.00. The van der Waals surface area contributed by atoms with Gasteiger partial charge in [-0.25, -0.2) is 4.39 Å². The Morgan fingerprint density at radius 2 is 2.07 bits per heavy atom. The topological polar surface area (TPSA) is 53.2 Å². The van der Waals surface area contributed by atoms with Gasteiger partial charge in [-0.05, 0) is 0 Å². The standard InChI is InChI=1S/C8H4F3NO2/c9-7-4(3-12)1-5(13)2-6(7)14-8(10)11/h1-2,8,13H. The maximum absolute atomic E-state index is 13.0. The average molecular weight is 203 g/mol. The summed E-state index contributed by atoms with van der Waals surface area (Å²) in [4.78, 5) is 0. The Bertz CT molecular complexity index is 387. The van der Waals surface area contributed by atoms with Gasteiger partial charge in [0.1, 0.15) is 11.8 Å². The summed E-state index contributed by atoms with van der Waals surface area (Å²) in [5.74, 6) is -2.58. The lowest BCUT2D eigenvalue weighted by molar-refractivity contribution is -0.0522. The van der Waals surface area contributed by atoms with Gasteiger partial charge in [-0.15, -0.1) is 0 Å². The molecule has 0 bridgehead atoms. The Hall–Kier alpha value is -1.90. The molecule has 1 aromatic carbocycles. The fraction of sp³-hybridized carbons (Fsp3) is 0.125. The zero-order valence-electron chi connectivity index (χ0n) is 6.67. The van der Waals surface area contributed by atoms with Crippen LogP contribution in [0.15, 0.2) is 12.1 Å². The van der Waals surface area contributed by atoms with Crippen LogP contribution in [0.5, 0.6) is 11.5 Å². The van der Waals surface area contributed by atoms with Crippen molar-refractivity contribution in [3.8, 4) is 17.6 Å². The predicted molar refractivity (Wildman–Crippen MR) is 39.4 cm³/mol. The molecule has 6 heteroatoms. The van der Waals surface area contributed by atoms with Gasteiger partial charge in [0.15, 0.2) is 11.6 Å². The fourth-order valence-electron chi connectivity index (χ4n) is 0.846. The summed E-state index contributed by atoms with van der Waals surface area (Å²) in [5, 5.41) is 17.3. The first-order valence-electron chi connectivity index (χ1n) is 3.42. The van der Waals surface area contributed by atoms with Crippen molar-refractivity contribution in [2.24, 2.45) is 0 Å². The molecule has 0 aromatic heterocycles. The highest BCUT2D eigenvalue weighted by Crippen LogP contribution is 2.27. The van der Waals surface area contributed by atoms with Crippen LogP contribution in [0.4, 0.5) is 13.2 Å². The molecule has 74 valence electrons. The highest BCUT2D eigenvalue weighted by molar-refractivity contribution is 5.44. The molecule has 0 aliphatic heterocycles. The maximum Gasteiger partial charge on any atom is 0.387 e. The van der Waals surface area contributed by atoms with E-state index in [-0.39, 0.29) is 0 Å². The van der Waals surface area contributed by atoms with Gasteiger partial charge in [-0.3, -0.25) is 0 Å². The number of halogens is 3. The second-order valence-electron chi connectivity index (χ2n) is 2.30. The molecule has 0 spiro atoms. The number of ether oxygens (including phenoxy) is 1. The van der Waals surface area contributed by atoms with Crippen LogP contribution >= 0.6 is 0 Å². The lowest BCUT2D eigenvalue weighted by Crippen LogP contribution is -2.04. The van der Waals surface area contributed by atoms with Crippen molar-refractivity contribution < 1.29 is 23.0 Å². The van der Waals surface area contributed by atoms with E-state index in [1.807, 2.05) is 0 Å². The summed E-state index contributed by atoms with van der Waals surface area (Å²) in [6.07, 6.45) is 0. The van der Waals surface area contributed by atoms with E-state index >= 15 is 0 Å². The van der Waals surface area contributed by atoms with Crippen LogP contribution in [0.2, 0.25) is 0 Å². The first-order valence-corrected chi connectivity index (χ1v) is 3.42. The fourth-order valence-corrected chi connectivity index (χ4v) is 0.846. The van der Waals surface area contributed by atoms with E-state index in [4.69, 9.17) is 10.4 Å². The Balaban J connectivity index is 3.17. The van der Waals surface area contributed by atoms with Crippen molar-refractivity contribution in [1.29, 1.82) is 5.26 Å². The van der Waals surface area contributed by atoms with Crippen LogP contribution in [-0.4, -0.2) is 11.7 Å². The quantitative estimate of drug-likeness (QED) is 0.799. The van der Waals surface area contributed by atoms with Gasteiger partial charge in [0.05, 0.1) is 5.56 Å². The van der Waals surface area contributed by atoms with Crippen molar-refractivity contribution in [2.75, 3.05) is 0 Å². The third-order valence-corrected chi connectivity index (χ3v) is 1.36. The van der Waals surface area contributed by atoms with Crippen LogP contribution in [0.1, 0.15) is 5.56 Å². The van der Waals surface area contributed by atoms with E-state index in [9.17, 15) is 13.2 Å². The number of hydrogen-bond acceptors (Lipinski definition) is 3. The molecule has 0 heterocycles. The number of hydrogen-bond donors (Lipinski definition) is 1. The molecule has 14 heavy (non-hydrogen) atoms. The molecule has 0 aliphatic rings. The second kappa shape index (κ2) is 3.87. The largest absolute Gasteiger partial charge is 0.508 e. The number of nitriles is 1. The summed E-state index contributed by atoms with van der Waals surface area (Å²) in [6, 6.07) is 2.87. The minimum atomic E-state index is -3.21. The molecule has 0 aliphatic carbocycles. The van der Waals surface area contributed by atoms with E-state index in [0.717, 1.165) is 6.07 Å².